The van der Waals surface area contributed by atoms with Crippen molar-refractivity contribution in [3.63, 3.8) is 0 Å². The summed E-state index contributed by atoms with van der Waals surface area (Å²) in [7, 11) is 0. The molecule has 24 heavy (non-hydrogen) atoms. The van der Waals surface area contributed by atoms with Crippen molar-refractivity contribution in [3.05, 3.63) is 41.3 Å². The zero-order valence-corrected chi connectivity index (χ0v) is 14.9. The molecule has 3 heterocycles. The van der Waals surface area contributed by atoms with Gasteiger partial charge in [0.1, 0.15) is 5.65 Å². The van der Waals surface area contributed by atoms with E-state index in [1.54, 1.807) is 12.2 Å². The number of pyridine rings is 1. The number of hydrogen-bond acceptors (Lipinski definition) is 3. The lowest BCUT2D eigenvalue weighted by Crippen LogP contribution is -2.49. The summed E-state index contributed by atoms with van der Waals surface area (Å²) in [6.07, 6.45) is 5.24. The first-order chi connectivity index (χ1) is 11.5. The molecular formula is C18H23ClN4O. The molecule has 2 aromatic rings. The van der Waals surface area contributed by atoms with Crippen molar-refractivity contribution in [2.75, 3.05) is 32.7 Å². The van der Waals surface area contributed by atoms with Gasteiger partial charge in [-0.1, -0.05) is 31.5 Å². The number of aromatic nitrogens is 2. The monoisotopic (exact) mass is 346 g/mol. The molecule has 128 valence electrons. The Morgan fingerprint density at radius 1 is 1.29 bits per heavy atom. The van der Waals surface area contributed by atoms with Crippen LogP contribution in [-0.2, 0) is 4.79 Å². The predicted molar refractivity (Wildman–Crippen MR) is 97.1 cm³/mol. The number of amides is 1. The smallest absolute Gasteiger partial charge is 0.246 e. The van der Waals surface area contributed by atoms with E-state index in [4.69, 9.17) is 11.6 Å². The molecule has 0 aromatic carbocycles. The molecule has 0 aliphatic carbocycles. The first-order valence-corrected chi connectivity index (χ1v) is 8.74. The van der Waals surface area contributed by atoms with Crippen LogP contribution >= 0.6 is 11.6 Å². The maximum atomic E-state index is 12.4. The molecule has 0 atom stereocenters. The molecular weight excluding hydrogens is 324 g/mol. The average Bonchev–Trinajstić information content (AvgIpc) is 2.88. The second kappa shape index (κ2) is 7.36. The van der Waals surface area contributed by atoms with Crippen LogP contribution in [0.1, 0.15) is 19.5 Å². The Morgan fingerprint density at radius 2 is 2.04 bits per heavy atom. The zero-order valence-electron chi connectivity index (χ0n) is 14.2. The maximum Gasteiger partial charge on any atom is 0.246 e. The lowest BCUT2D eigenvalue weighted by Gasteiger charge is -2.35. The van der Waals surface area contributed by atoms with Crippen molar-refractivity contribution in [2.45, 2.75) is 13.8 Å². The summed E-state index contributed by atoms with van der Waals surface area (Å²) < 4.78 is 1.88. The summed E-state index contributed by atoms with van der Waals surface area (Å²) in [4.78, 5) is 21.0. The van der Waals surface area contributed by atoms with Crippen molar-refractivity contribution < 1.29 is 4.79 Å². The van der Waals surface area contributed by atoms with Crippen LogP contribution in [0.3, 0.4) is 0 Å². The van der Waals surface area contributed by atoms with Crippen LogP contribution in [0.5, 0.6) is 0 Å². The lowest BCUT2D eigenvalue weighted by atomic mass is 10.2. The van der Waals surface area contributed by atoms with Gasteiger partial charge in [0.05, 0.1) is 5.69 Å². The SMILES string of the molecule is CC(C)CN1CCN(C(=O)C=Cc2c(Cl)nc3ccccn23)CC1. The molecule has 0 radical (unpaired) electrons. The topological polar surface area (TPSA) is 40.8 Å². The summed E-state index contributed by atoms with van der Waals surface area (Å²) in [5, 5.41) is 0.409. The van der Waals surface area contributed by atoms with Gasteiger partial charge in [-0.05, 0) is 24.1 Å². The van der Waals surface area contributed by atoms with Crippen LogP contribution in [0.25, 0.3) is 11.7 Å². The van der Waals surface area contributed by atoms with Gasteiger partial charge in [0, 0.05) is 45.0 Å². The standard InChI is InChI=1S/C18H23ClN4O/c1-14(2)13-21-9-11-22(12-10-21)17(24)7-6-15-18(19)20-16-5-3-4-8-23(15)16/h3-8,14H,9-13H2,1-2H3. The molecule has 1 aliphatic rings. The number of imidazole rings is 1. The van der Waals surface area contributed by atoms with Gasteiger partial charge < -0.3 is 4.90 Å². The highest BCUT2D eigenvalue weighted by molar-refractivity contribution is 6.31. The van der Waals surface area contributed by atoms with Crippen LogP contribution in [-0.4, -0.2) is 57.8 Å². The molecule has 2 aromatic heterocycles. The molecule has 1 saturated heterocycles. The second-order valence-electron chi connectivity index (χ2n) is 6.57. The Balaban J connectivity index is 1.64. The number of carbonyl (C=O) groups is 1. The predicted octanol–water partition coefficient (Wildman–Crippen LogP) is 2.80. The number of carbonyl (C=O) groups excluding carboxylic acids is 1. The molecule has 0 saturated carbocycles. The Hall–Kier alpha value is -1.85. The van der Waals surface area contributed by atoms with Gasteiger partial charge in [-0.2, -0.15) is 0 Å². The number of piperazine rings is 1. The minimum atomic E-state index is 0.0288. The van der Waals surface area contributed by atoms with E-state index >= 15 is 0 Å². The minimum Gasteiger partial charge on any atom is -0.337 e. The number of rotatable bonds is 4. The van der Waals surface area contributed by atoms with Crippen molar-refractivity contribution in [2.24, 2.45) is 5.92 Å². The molecule has 1 fully saturated rings. The zero-order chi connectivity index (χ0) is 17.1. The van der Waals surface area contributed by atoms with Crippen LogP contribution in [0.15, 0.2) is 30.5 Å². The quantitative estimate of drug-likeness (QED) is 0.799. The normalized spacial score (nSPS) is 16.6. The highest BCUT2D eigenvalue weighted by Crippen LogP contribution is 2.19. The van der Waals surface area contributed by atoms with Gasteiger partial charge in [0.25, 0.3) is 0 Å². The van der Waals surface area contributed by atoms with Crippen LogP contribution in [0.2, 0.25) is 5.15 Å². The van der Waals surface area contributed by atoms with Crippen molar-refractivity contribution >= 4 is 29.2 Å². The summed E-state index contributed by atoms with van der Waals surface area (Å²) in [6.45, 7) is 8.96. The Labute approximate surface area is 147 Å². The third-order valence-corrected chi connectivity index (χ3v) is 4.49. The molecule has 1 aliphatic heterocycles. The summed E-state index contributed by atoms with van der Waals surface area (Å²) >= 11 is 6.19. The molecule has 0 spiro atoms. The lowest BCUT2D eigenvalue weighted by molar-refractivity contribution is -0.127. The fourth-order valence-corrected chi connectivity index (χ4v) is 3.30. The van der Waals surface area contributed by atoms with E-state index in [0.29, 0.717) is 11.1 Å². The van der Waals surface area contributed by atoms with Crippen LogP contribution in [0.4, 0.5) is 0 Å². The first kappa shape index (κ1) is 17.0. The molecule has 0 unspecified atom stereocenters. The van der Waals surface area contributed by atoms with E-state index in [2.05, 4.69) is 23.7 Å². The molecule has 0 bridgehead atoms. The third kappa shape index (κ3) is 3.79. The molecule has 1 amide bonds. The summed E-state index contributed by atoms with van der Waals surface area (Å²) in [5.74, 6) is 0.686. The van der Waals surface area contributed by atoms with Gasteiger partial charge in [-0.15, -0.1) is 0 Å². The fraction of sp³-hybridized carbons (Fsp3) is 0.444. The van der Waals surface area contributed by atoms with Crippen LogP contribution < -0.4 is 0 Å². The van der Waals surface area contributed by atoms with Gasteiger partial charge in [-0.3, -0.25) is 14.1 Å². The number of halogens is 1. The Kier molecular flexibility index (Phi) is 5.21. The fourth-order valence-electron chi connectivity index (χ4n) is 3.06. The second-order valence-corrected chi connectivity index (χ2v) is 6.93. The molecule has 3 rings (SSSR count). The molecule has 6 heteroatoms. The summed E-state index contributed by atoms with van der Waals surface area (Å²) in [6, 6.07) is 5.71. The van der Waals surface area contributed by atoms with Crippen molar-refractivity contribution in [1.29, 1.82) is 0 Å². The van der Waals surface area contributed by atoms with Crippen molar-refractivity contribution in [3.8, 4) is 0 Å². The maximum absolute atomic E-state index is 12.4. The molecule has 0 N–H and O–H groups in total. The van der Waals surface area contributed by atoms with E-state index in [0.717, 1.165) is 44.1 Å². The first-order valence-electron chi connectivity index (χ1n) is 8.36. The number of hydrogen-bond donors (Lipinski definition) is 0. The van der Waals surface area contributed by atoms with E-state index in [-0.39, 0.29) is 5.91 Å². The Morgan fingerprint density at radius 3 is 2.75 bits per heavy atom. The minimum absolute atomic E-state index is 0.0288. The van der Waals surface area contributed by atoms with Gasteiger partial charge in [0.15, 0.2) is 5.15 Å². The number of nitrogens with zero attached hydrogens (tertiary/aromatic N) is 4. The van der Waals surface area contributed by atoms with Gasteiger partial charge in [-0.25, -0.2) is 4.98 Å². The average molecular weight is 347 g/mol. The third-order valence-electron chi connectivity index (χ3n) is 4.21. The van der Waals surface area contributed by atoms with E-state index in [9.17, 15) is 4.79 Å². The largest absolute Gasteiger partial charge is 0.337 e. The van der Waals surface area contributed by atoms with E-state index in [1.807, 2.05) is 33.7 Å². The summed E-state index contributed by atoms with van der Waals surface area (Å²) in [5.41, 5.74) is 1.51. The van der Waals surface area contributed by atoms with Crippen LogP contribution in [0, 0.1) is 5.92 Å². The number of fused-ring (bicyclic) bond motifs is 1. The van der Waals surface area contributed by atoms with Gasteiger partial charge >= 0.3 is 0 Å². The highest BCUT2D eigenvalue weighted by Gasteiger charge is 2.20. The van der Waals surface area contributed by atoms with Crippen molar-refractivity contribution in [1.82, 2.24) is 19.2 Å². The molecule has 5 nitrogen and oxygen atoms in total. The Bertz CT molecular complexity index is 745. The van der Waals surface area contributed by atoms with E-state index in [1.165, 1.54) is 0 Å². The van der Waals surface area contributed by atoms with Gasteiger partial charge in [0.2, 0.25) is 5.91 Å². The van der Waals surface area contributed by atoms with E-state index < -0.39 is 0 Å². The highest BCUT2D eigenvalue weighted by atomic mass is 35.5.